The highest BCUT2D eigenvalue weighted by molar-refractivity contribution is 9.10. The van der Waals surface area contributed by atoms with Crippen molar-refractivity contribution in [2.45, 2.75) is 34.1 Å². The summed E-state index contributed by atoms with van der Waals surface area (Å²) in [4.78, 5) is 19.0. The van der Waals surface area contributed by atoms with Crippen LogP contribution in [0.3, 0.4) is 0 Å². The van der Waals surface area contributed by atoms with Gasteiger partial charge in [-0.05, 0) is 61.4 Å². The number of pyridine rings is 1. The van der Waals surface area contributed by atoms with Gasteiger partial charge in [-0.1, -0.05) is 72.6 Å². The third kappa shape index (κ3) is 6.13. The summed E-state index contributed by atoms with van der Waals surface area (Å²) in [5.41, 5.74) is 4.12. The lowest BCUT2D eigenvalue weighted by atomic mass is 10.1. The molecule has 0 saturated heterocycles. The molecule has 1 amide bonds. The minimum Gasteiger partial charge on any atom is -0.269 e. The Morgan fingerprint density at radius 1 is 0.966 bits per heavy atom. The molecule has 29 heavy (non-hydrogen) atoms. The topological polar surface area (TPSA) is 33.2 Å². The van der Waals surface area contributed by atoms with Crippen LogP contribution in [0.1, 0.15) is 32.8 Å². The summed E-state index contributed by atoms with van der Waals surface area (Å²) in [5.74, 6) is 0.480. The first kappa shape index (κ1) is 22.6. The maximum Gasteiger partial charge on any atom is 0.256 e. The summed E-state index contributed by atoms with van der Waals surface area (Å²) in [7, 11) is 0. The van der Waals surface area contributed by atoms with Crippen LogP contribution in [0.2, 0.25) is 0 Å². The molecular weight excluding hydrogens is 424 g/mol. The van der Waals surface area contributed by atoms with Crippen LogP contribution in [-0.4, -0.2) is 10.9 Å². The zero-order valence-corrected chi connectivity index (χ0v) is 19.0. The number of anilines is 2. The maximum atomic E-state index is 12.8. The summed E-state index contributed by atoms with van der Waals surface area (Å²) in [6.45, 7) is 8.07. The number of aryl methyl sites for hydroxylation is 1. The minimum absolute atomic E-state index is 0.116. The Hall–Kier alpha value is -2.72. The average Bonchev–Trinajstić information content (AvgIpc) is 2.76. The van der Waals surface area contributed by atoms with Crippen molar-refractivity contribution in [1.29, 1.82) is 0 Å². The first-order valence-corrected chi connectivity index (χ1v) is 10.7. The van der Waals surface area contributed by atoms with E-state index in [1.54, 1.807) is 11.0 Å². The highest BCUT2D eigenvalue weighted by Crippen LogP contribution is 2.28. The lowest BCUT2D eigenvalue weighted by molar-refractivity contribution is -0.113. The van der Waals surface area contributed by atoms with Crippen molar-refractivity contribution >= 4 is 33.3 Å². The van der Waals surface area contributed by atoms with Crippen LogP contribution >= 0.6 is 15.9 Å². The Balaban J connectivity index is 0.00000145. The summed E-state index contributed by atoms with van der Waals surface area (Å²) < 4.78 is 0.963. The van der Waals surface area contributed by atoms with Gasteiger partial charge in [-0.15, -0.1) is 0 Å². The molecule has 0 unspecified atom stereocenters. The number of allylic oxidation sites excluding steroid dienone is 1. The van der Waals surface area contributed by atoms with E-state index < -0.39 is 0 Å². The number of rotatable bonds is 5. The van der Waals surface area contributed by atoms with Gasteiger partial charge in [0.2, 0.25) is 0 Å². The zero-order valence-electron chi connectivity index (χ0n) is 17.4. The van der Waals surface area contributed by atoms with E-state index in [0.29, 0.717) is 5.82 Å². The molecule has 0 aliphatic rings. The third-order valence-electron chi connectivity index (χ3n) is 4.16. The maximum absolute atomic E-state index is 12.8. The van der Waals surface area contributed by atoms with Crippen LogP contribution in [0, 0.1) is 6.92 Å². The van der Waals surface area contributed by atoms with Crippen LogP contribution in [0.25, 0.3) is 11.1 Å². The smallest absolute Gasteiger partial charge is 0.256 e. The lowest BCUT2D eigenvalue weighted by Crippen LogP contribution is -2.24. The van der Waals surface area contributed by atoms with E-state index in [4.69, 9.17) is 0 Å². The molecule has 1 aromatic heterocycles. The van der Waals surface area contributed by atoms with Gasteiger partial charge in [-0.25, -0.2) is 4.98 Å². The van der Waals surface area contributed by atoms with Crippen molar-refractivity contribution in [2.24, 2.45) is 0 Å². The number of carbonyl (C=O) groups is 1. The molecule has 3 aromatic rings. The summed E-state index contributed by atoms with van der Waals surface area (Å²) >= 11 is 3.44. The Bertz CT molecular complexity index is 930. The van der Waals surface area contributed by atoms with Crippen LogP contribution in [0.4, 0.5) is 11.5 Å². The van der Waals surface area contributed by atoms with E-state index in [2.05, 4.69) is 52.1 Å². The van der Waals surface area contributed by atoms with Gasteiger partial charge in [-0.2, -0.15) is 0 Å². The molecule has 0 spiro atoms. The first-order chi connectivity index (χ1) is 14.1. The summed E-state index contributed by atoms with van der Waals surface area (Å²) in [6.07, 6.45) is 6.06. The Morgan fingerprint density at radius 3 is 2.14 bits per heavy atom. The Kier molecular flexibility index (Phi) is 8.81. The molecule has 0 radical (unpaired) electrons. The van der Waals surface area contributed by atoms with Gasteiger partial charge < -0.3 is 0 Å². The van der Waals surface area contributed by atoms with Gasteiger partial charge in [0.05, 0.1) is 5.69 Å². The van der Waals surface area contributed by atoms with Crippen molar-refractivity contribution < 1.29 is 4.79 Å². The van der Waals surface area contributed by atoms with Crippen LogP contribution in [0.5, 0.6) is 0 Å². The molecule has 0 bridgehead atoms. The highest BCUT2D eigenvalue weighted by Gasteiger charge is 2.17. The van der Waals surface area contributed by atoms with Gasteiger partial charge in [0.1, 0.15) is 5.82 Å². The number of hydrogen-bond donors (Lipinski definition) is 0. The molecule has 0 aliphatic heterocycles. The van der Waals surface area contributed by atoms with Crippen LogP contribution < -0.4 is 4.90 Å². The predicted octanol–water partition coefficient (Wildman–Crippen LogP) is 7.48. The van der Waals surface area contributed by atoms with Crippen molar-refractivity contribution in [3.63, 3.8) is 0 Å². The second kappa shape index (κ2) is 11.3. The highest BCUT2D eigenvalue weighted by atomic mass is 79.9. The Morgan fingerprint density at radius 2 is 1.59 bits per heavy atom. The molecule has 0 atom stereocenters. The fourth-order valence-corrected chi connectivity index (χ4v) is 2.96. The van der Waals surface area contributed by atoms with Gasteiger partial charge >= 0.3 is 0 Å². The first-order valence-electron chi connectivity index (χ1n) is 9.88. The average molecular weight is 451 g/mol. The molecule has 0 fully saturated rings. The number of aromatic nitrogens is 1. The van der Waals surface area contributed by atoms with E-state index in [0.717, 1.165) is 27.7 Å². The van der Waals surface area contributed by atoms with Crippen molar-refractivity contribution in [2.75, 3.05) is 4.90 Å². The van der Waals surface area contributed by atoms with E-state index in [-0.39, 0.29) is 5.91 Å². The number of halogens is 1. The second-order valence-corrected chi connectivity index (χ2v) is 7.15. The van der Waals surface area contributed by atoms with Gasteiger partial charge in [0.25, 0.3) is 5.91 Å². The lowest BCUT2D eigenvalue weighted by Gasteiger charge is -2.21. The van der Waals surface area contributed by atoms with E-state index >= 15 is 0 Å². The summed E-state index contributed by atoms with van der Waals surface area (Å²) in [5, 5.41) is 0. The van der Waals surface area contributed by atoms with Gasteiger partial charge in [0, 0.05) is 16.2 Å². The number of benzene rings is 2. The van der Waals surface area contributed by atoms with E-state index in [1.165, 1.54) is 5.56 Å². The van der Waals surface area contributed by atoms with Gasteiger partial charge in [0.15, 0.2) is 0 Å². The molecule has 3 rings (SSSR count). The molecule has 0 saturated carbocycles. The van der Waals surface area contributed by atoms with Crippen molar-refractivity contribution in [1.82, 2.24) is 4.98 Å². The molecule has 4 heteroatoms. The second-order valence-electron chi connectivity index (χ2n) is 6.23. The largest absolute Gasteiger partial charge is 0.269 e. The van der Waals surface area contributed by atoms with E-state index in [1.807, 2.05) is 69.4 Å². The molecule has 150 valence electrons. The fraction of sp³-hybridized carbons (Fsp3) is 0.200. The fourth-order valence-electron chi connectivity index (χ4n) is 2.69. The molecule has 3 nitrogen and oxygen atoms in total. The van der Waals surface area contributed by atoms with E-state index in [9.17, 15) is 4.79 Å². The standard InChI is InChI=1S/C23H21BrN2O.C2H6/c1-3-4-5-23(27)26(21-13-11-20(24)12-14-21)22-15-10-19(16-25-22)18-8-6-17(2)7-9-18;1-2/h4-16H,3H2,1-2H3;1-2H3/b5-4+;. The molecule has 2 aromatic carbocycles. The SMILES string of the molecule is CC.CC/C=C/C(=O)N(c1ccc(Br)cc1)c1ccc(-c2ccc(C)cc2)cn1. The number of carbonyl (C=O) groups excluding carboxylic acids is 1. The predicted molar refractivity (Wildman–Crippen MR) is 126 cm³/mol. The zero-order chi connectivity index (χ0) is 21.2. The van der Waals surface area contributed by atoms with Crippen molar-refractivity contribution in [3.05, 3.63) is 89.0 Å². The third-order valence-corrected chi connectivity index (χ3v) is 4.69. The summed E-state index contributed by atoms with van der Waals surface area (Å²) in [6, 6.07) is 19.8. The van der Waals surface area contributed by atoms with Crippen LogP contribution in [0.15, 0.2) is 83.5 Å². The Labute approximate surface area is 182 Å². The molecular formula is C25H27BrN2O. The van der Waals surface area contributed by atoms with Crippen LogP contribution in [-0.2, 0) is 4.79 Å². The van der Waals surface area contributed by atoms with Gasteiger partial charge in [-0.3, -0.25) is 9.69 Å². The molecule has 0 N–H and O–H groups in total. The number of nitrogens with zero attached hydrogens (tertiary/aromatic N) is 2. The number of amides is 1. The monoisotopic (exact) mass is 450 g/mol. The number of hydrogen-bond acceptors (Lipinski definition) is 2. The minimum atomic E-state index is -0.116. The van der Waals surface area contributed by atoms with Crippen molar-refractivity contribution in [3.8, 4) is 11.1 Å². The quantitative estimate of drug-likeness (QED) is 0.377. The normalized spacial score (nSPS) is 10.4. The molecule has 1 heterocycles. The molecule has 0 aliphatic carbocycles.